The van der Waals surface area contributed by atoms with Gasteiger partial charge in [-0.15, -0.1) is 0 Å². The number of hydrogen-bond acceptors (Lipinski definition) is 2. The summed E-state index contributed by atoms with van der Waals surface area (Å²) in [6.45, 7) is 2.03. The van der Waals surface area contributed by atoms with E-state index >= 15 is 0 Å². The molecule has 0 radical (unpaired) electrons. The molecule has 3 nitrogen and oxygen atoms in total. The molecule has 0 aromatic carbocycles. The monoisotopic (exact) mass is 174 g/mol. The summed E-state index contributed by atoms with van der Waals surface area (Å²) < 4.78 is 29.3. The molecule has 0 bridgehead atoms. The molecule has 0 aliphatic heterocycles. The minimum atomic E-state index is -3.71. The summed E-state index contributed by atoms with van der Waals surface area (Å²) in [5.41, 5.74) is 0. The molecule has 0 heterocycles. The molecular formula is C5H11NaO3S. The maximum absolute atomic E-state index is 10.2. The van der Waals surface area contributed by atoms with Crippen LogP contribution in [0.25, 0.3) is 0 Å². The van der Waals surface area contributed by atoms with Crippen LogP contribution >= 0.6 is 0 Å². The van der Waals surface area contributed by atoms with Crippen molar-refractivity contribution in [2.24, 2.45) is 0 Å². The molecule has 0 spiro atoms. The predicted molar refractivity (Wildman–Crippen MR) is 40.8 cm³/mol. The number of hydrogen-bond donors (Lipinski definition) is 1. The first-order chi connectivity index (χ1) is 4.45. The Kier molecular flexibility index (Phi) is 5.15. The standard InChI is InChI=1S/C5H11O3S.Na/c1-2-3-4-5-9(6,7)8;/h3H,2,4-5H2,1H3,(H,6,7,8);. The molecule has 0 aliphatic rings. The van der Waals surface area contributed by atoms with Crippen LogP contribution in [0.15, 0.2) is 0 Å². The normalized spacial score (nSPS) is 15.2. The van der Waals surface area contributed by atoms with Crippen LogP contribution in [0.5, 0.6) is 0 Å². The Morgan fingerprint density at radius 2 is 2.10 bits per heavy atom. The molecule has 10 heavy (non-hydrogen) atoms. The van der Waals surface area contributed by atoms with Crippen molar-refractivity contribution in [2.45, 2.75) is 22.9 Å². The fourth-order valence-electron chi connectivity index (χ4n) is 0.554. The predicted octanol–water partition coefficient (Wildman–Crippen LogP) is 0.631. The second-order valence-electron chi connectivity index (χ2n) is 2.59. The molecule has 1 atom stereocenters. The van der Waals surface area contributed by atoms with Crippen LogP contribution in [-0.4, -0.2) is 46.7 Å². The third kappa shape index (κ3) is 7.02. The van der Waals surface area contributed by atoms with E-state index < -0.39 is 10.1 Å². The molecule has 5 heteroatoms. The molecule has 0 aliphatic carbocycles. The van der Waals surface area contributed by atoms with E-state index in [0.717, 1.165) is 34.4 Å². The van der Waals surface area contributed by atoms with Gasteiger partial charge in [0, 0.05) is 0 Å². The fraction of sp³-hybridized carbons (Fsp3) is 1.00. The van der Waals surface area contributed by atoms with Crippen LogP contribution in [0.2, 0.25) is 3.17 Å². The Bertz CT molecular complexity index is 175. The maximum atomic E-state index is 10.2. The number of rotatable bonds is 4. The van der Waals surface area contributed by atoms with Crippen molar-refractivity contribution in [3.63, 3.8) is 0 Å². The summed E-state index contributed by atoms with van der Waals surface area (Å²) in [4.78, 5) is 0. The van der Waals surface area contributed by atoms with Gasteiger partial charge in [-0.1, -0.05) is 0 Å². The molecular weight excluding hydrogens is 163 g/mol. The first-order valence-corrected chi connectivity index (χ1v) is 6.17. The van der Waals surface area contributed by atoms with Gasteiger partial charge < -0.3 is 0 Å². The molecule has 0 aromatic rings. The van der Waals surface area contributed by atoms with Gasteiger partial charge in [-0.3, -0.25) is 0 Å². The van der Waals surface area contributed by atoms with Crippen molar-refractivity contribution >= 4 is 38.0 Å². The van der Waals surface area contributed by atoms with Crippen molar-refractivity contribution in [2.75, 3.05) is 5.75 Å². The van der Waals surface area contributed by atoms with Gasteiger partial charge in [-0.2, -0.15) is 0 Å². The van der Waals surface area contributed by atoms with Crippen LogP contribution in [0, 0.1) is 0 Å². The van der Waals surface area contributed by atoms with Crippen LogP contribution in [0.3, 0.4) is 0 Å². The van der Waals surface area contributed by atoms with Crippen LogP contribution in [-0.2, 0) is 10.1 Å². The third-order valence-corrected chi connectivity index (χ3v) is 3.71. The zero-order valence-corrected chi connectivity index (χ0v) is 9.19. The Morgan fingerprint density at radius 3 is 2.40 bits per heavy atom. The van der Waals surface area contributed by atoms with Crippen molar-refractivity contribution < 1.29 is 13.0 Å². The first-order valence-electron chi connectivity index (χ1n) is 3.41. The molecule has 0 saturated heterocycles. The van der Waals surface area contributed by atoms with E-state index in [9.17, 15) is 8.42 Å². The summed E-state index contributed by atoms with van der Waals surface area (Å²) in [5, 5.41) is 0. The molecule has 0 aromatic heterocycles. The average molecular weight is 174 g/mol. The summed E-state index contributed by atoms with van der Waals surface area (Å²) in [5.74, 6) is -0.0744. The van der Waals surface area contributed by atoms with Crippen molar-refractivity contribution in [3.05, 3.63) is 0 Å². The molecule has 1 N–H and O–H groups in total. The molecule has 0 rings (SSSR count). The quantitative estimate of drug-likeness (QED) is 0.502. The summed E-state index contributed by atoms with van der Waals surface area (Å²) >= 11 is 1.01. The second-order valence-corrected chi connectivity index (χ2v) is 5.79. The summed E-state index contributed by atoms with van der Waals surface area (Å²) in [6.07, 6.45) is 1.63. The molecule has 0 saturated carbocycles. The third-order valence-electron chi connectivity index (χ3n) is 1.57. The first kappa shape index (κ1) is 10.9. The van der Waals surface area contributed by atoms with Crippen LogP contribution < -0.4 is 0 Å². The minimum absolute atomic E-state index is 0.0744. The van der Waals surface area contributed by atoms with Gasteiger partial charge in [0.1, 0.15) is 0 Å². The summed E-state index contributed by atoms with van der Waals surface area (Å²) in [6, 6.07) is 0. The zero-order chi connectivity index (χ0) is 8.20. The van der Waals surface area contributed by atoms with E-state index in [-0.39, 0.29) is 5.75 Å². The molecule has 0 amide bonds. The van der Waals surface area contributed by atoms with E-state index in [2.05, 4.69) is 0 Å². The van der Waals surface area contributed by atoms with Gasteiger partial charge in [-0.25, -0.2) is 0 Å². The van der Waals surface area contributed by atoms with Crippen LogP contribution in [0.1, 0.15) is 19.8 Å². The van der Waals surface area contributed by atoms with Gasteiger partial charge in [0.2, 0.25) is 0 Å². The Morgan fingerprint density at radius 1 is 1.60 bits per heavy atom. The molecule has 0 fully saturated rings. The van der Waals surface area contributed by atoms with Crippen molar-refractivity contribution in [1.29, 1.82) is 0 Å². The van der Waals surface area contributed by atoms with E-state index in [1.54, 1.807) is 0 Å². The zero-order valence-electron chi connectivity index (χ0n) is 6.37. The average Bonchev–Trinajstić information content (AvgIpc) is 1.81. The van der Waals surface area contributed by atoms with E-state index in [4.69, 9.17) is 4.55 Å². The molecule has 1 unspecified atom stereocenters. The summed E-state index contributed by atoms with van der Waals surface area (Å²) in [7, 11) is -3.71. The van der Waals surface area contributed by atoms with E-state index in [1.165, 1.54) is 0 Å². The molecule has 56 valence electrons. The Hall–Kier alpha value is 0.910. The Labute approximate surface area is 79.4 Å². The van der Waals surface area contributed by atoms with Gasteiger partial charge in [0.15, 0.2) is 0 Å². The van der Waals surface area contributed by atoms with Crippen LogP contribution in [0.4, 0.5) is 0 Å². The topological polar surface area (TPSA) is 54.4 Å². The van der Waals surface area contributed by atoms with Gasteiger partial charge >= 0.3 is 79.7 Å². The van der Waals surface area contributed by atoms with Gasteiger partial charge in [0.05, 0.1) is 0 Å². The fourth-order valence-corrected chi connectivity index (χ4v) is 1.96. The SMILES string of the molecule is CC[CH]([Na])CCS(=O)(=O)O. The Balaban J connectivity index is 3.56. The second kappa shape index (κ2) is 4.72. The van der Waals surface area contributed by atoms with Crippen molar-refractivity contribution in [1.82, 2.24) is 0 Å². The van der Waals surface area contributed by atoms with Gasteiger partial charge in [-0.05, 0) is 0 Å². The van der Waals surface area contributed by atoms with Crippen molar-refractivity contribution in [3.8, 4) is 0 Å². The van der Waals surface area contributed by atoms with Gasteiger partial charge in [0.25, 0.3) is 0 Å². The van der Waals surface area contributed by atoms with E-state index in [1.807, 2.05) is 6.92 Å². The van der Waals surface area contributed by atoms with E-state index in [0.29, 0.717) is 9.59 Å².